The van der Waals surface area contributed by atoms with Crippen molar-refractivity contribution in [1.29, 1.82) is 0 Å². The highest BCUT2D eigenvalue weighted by Gasteiger charge is 2.14. The van der Waals surface area contributed by atoms with E-state index in [0.717, 1.165) is 15.8 Å². The van der Waals surface area contributed by atoms with Crippen LogP contribution in [0.4, 0.5) is 0 Å². The molecule has 0 N–H and O–H groups in total. The molecule has 0 spiro atoms. The maximum absolute atomic E-state index is 5.68. The molecule has 2 heteroatoms. The number of benzene rings is 4. The Hall–Kier alpha value is -2.32. The van der Waals surface area contributed by atoms with Crippen molar-refractivity contribution in [3.63, 3.8) is 0 Å². The SMILES string of the molecule is COc1ccc2ccccc2c1-c1cccc2cccc(Br)c12. The highest BCUT2D eigenvalue weighted by Crippen LogP contribution is 2.42. The summed E-state index contributed by atoms with van der Waals surface area (Å²) in [7, 11) is 1.73. The van der Waals surface area contributed by atoms with Gasteiger partial charge < -0.3 is 4.74 Å². The van der Waals surface area contributed by atoms with Crippen LogP contribution in [0.1, 0.15) is 0 Å². The lowest BCUT2D eigenvalue weighted by Crippen LogP contribution is -1.91. The van der Waals surface area contributed by atoms with Crippen molar-refractivity contribution >= 4 is 37.5 Å². The van der Waals surface area contributed by atoms with E-state index in [4.69, 9.17) is 4.74 Å². The second-order valence-electron chi connectivity index (χ2n) is 5.51. The standard InChI is InChI=1S/C21H15BrO/c1-23-19-13-12-14-6-2-3-9-16(14)21(19)17-10-4-7-15-8-5-11-18(22)20(15)17/h2-13H,1H3. The molecule has 0 unspecified atom stereocenters. The third-order valence-electron chi connectivity index (χ3n) is 4.23. The average molecular weight is 363 g/mol. The Balaban J connectivity index is 2.19. The van der Waals surface area contributed by atoms with Crippen LogP contribution in [-0.4, -0.2) is 7.11 Å². The average Bonchev–Trinajstić information content (AvgIpc) is 2.60. The summed E-state index contributed by atoms with van der Waals surface area (Å²) >= 11 is 3.71. The van der Waals surface area contributed by atoms with E-state index in [-0.39, 0.29) is 0 Å². The zero-order valence-corrected chi connectivity index (χ0v) is 14.3. The normalized spacial score (nSPS) is 11.0. The fourth-order valence-electron chi connectivity index (χ4n) is 3.20. The fourth-order valence-corrected chi connectivity index (χ4v) is 3.80. The predicted molar refractivity (Wildman–Crippen MR) is 101 cm³/mol. The molecule has 112 valence electrons. The van der Waals surface area contributed by atoms with E-state index < -0.39 is 0 Å². The van der Waals surface area contributed by atoms with Gasteiger partial charge in [-0.2, -0.15) is 0 Å². The van der Waals surface area contributed by atoms with Crippen LogP contribution in [0.5, 0.6) is 5.75 Å². The smallest absolute Gasteiger partial charge is 0.127 e. The first kappa shape index (κ1) is 14.3. The monoisotopic (exact) mass is 362 g/mol. The van der Waals surface area contributed by atoms with E-state index in [2.05, 4.69) is 82.7 Å². The molecule has 23 heavy (non-hydrogen) atoms. The maximum atomic E-state index is 5.68. The molecule has 0 amide bonds. The molecule has 4 rings (SSSR count). The van der Waals surface area contributed by atoms with Crippen molar-refractivity contribution in [2.75, 3.05) is 7.11 Å². The number of rotatable bonds is 2. The molecule has 0 heterocycles. The zero-order valence-electron chi connectivity index (χ0n) is 12.7. The Bertz CT molecular complexity index is 1020. The lowest BCUT2D eigenvalue weighted by atomic mass is 9.93. The highest BCUT2D eigenvalue weighted by molar-refractivity contribution is 9.10. The molecule has 0 atom stereocenters. The molecule has 0 saturated heterocycles. The van der Waals surface area contributed by atoms with Gasteiger partial charge in [-0.3, -0.25) is 0 Å². The quantitative estimate of drug-likeness (QED) is 0.399. The number of hydrogen-bond acceptors (Lipinski definition) is 1. The van der Waals surface area contributed by atoms with Gasteiger partial charge in [0, 0.05) is 15.4 Å². The fraction of sp³-hybridized carbons (Fsp3) is 0.0476. The Labute approximate surface area is 143 Å². The number of methoxy groups -OCH3 is 1. The van der Waals surface area contributed by atoms with Gasteiger partial charge in [0.05, 0.1) is 7.11 Å². The minimum atomic E-state index is 0.895. The summed E-state index contributed by atoms with van der Waals surface area (Å²) in [5.41, 5.74) is 2.33. The lowest BCUT2D eigenvalue weighted by molar-refractivity contribution is 0.417. The van der Waals surface area contributed by atoms with Crippen LogP contribution < -0.4 is 4.74 Å². The topological polar surface area (TPSA) is 9.23 Å². The number of ether oxygens (including phenoxy) is 1. The first-order valence-corrected chi connectivity index (χ1v) is 8.32. The van der Waals surface area contributed by atoms with Crippen LogP contribution >= 0.6 is 15.9 Å². The molecule has 4 aromatic rings. The van der Waals surface area contributed by atoms with Crippen LogP contribution in [0, 0.1) is 0 Å². The largest absolute Gasteiger partial charge is 0.496 e. The van der Waals surface area contributed by atoms with Gasteiger partial charge in [-0.1, -0.05) is 76.6 Å². The summed E-state index contributed by atoms with van der Waals surface area (Å²) in [4.78, 5) is 0. The molecule has 0 aliphatic heterocycles. The Kier molecular flexibility index (Phi) is 3.55. The number of halogens is 1. The van der Waals surface area contributed by atoms with Crippen molar-refractivity contribution in [2.24, 2.45) is 0 Å². The van der Waals surface area contributed by atoms with Gasteiger partial charge in [-0.05, 0) is 33.9 Å². The number of hydrogen-bond donors (Lipinski definition) is 0. The Morgan fingerprint density at radius 1 is 0.739 bits per heavy atom. The first-order chi connectivity index (χ1) is 11.3. The Morgan fingerprint density at radius 3 is 2.30 bits per heavy atom. The number of fused-ring (bicyclic) bond motifs is 2. The van der Waals surface area contributed by atoms with E-state index in [0.29, 0.717) is 0 Å². The van der Waals surface area contributed by atoms with Gasteiger partial charge in [0.2, 0.25) is 0 Å². The molecule has 0 fully saturated rings. The van der Waals surface area contributed by atoms with Crippen LogP contribution in [0.2, 0.25) is 0 Å². The second kappa shape index (κ2) is 5.71. The van der Waals surface area contributed by atoms with E-state index in [9.17, 15) is 0 Å². The molecule has 0 aliphatic rings. The Morgan fingerprint density at radius 2 is 1.48 bits per heavy atom. The summed E-state index contributed by atoms with van der Waals surface area (Å²) in [6.45, 7) is 0. The molecule has 0 saturated carbocycles. The van der Waals surface area contributed by atoms with Crippen molar-refractivity contribution in [3.8, 4) is 16.9 Å². The molecule has 0 aromatic heterocycles. The van der Waals surface area contributed by atoms with E-state index in [1.54, 1.807) is 7.11 Å². The van der Waals surface area contributed by atoms with Crippen molar-refractivity contribution < 1.29 is 4.74 Å². The molecule has 4 aromatic carbocycles. The van der Waals surface area contributed by atoms with E-state index in [1.165, 1.54) is 27.1 Å². The van der Waals surface area contributed by atoms with Crippen molar-refractivity contribution in [2.45, 2.75) is 0 Å². The summed E-state index contributed by atoms with van der Waals surface area (Å²) < 4.78 is 6.78. The third kappa shape index (κ3) is 2.30. The zero-order chi connectivity index (χ0) is 15.8. The summed E-state index contributed by atoms with van der Waals surface area (Å²) in [5.74, 6) is 0.895. The third-order valence-corrected chi connectivity index (χ3v) is 4.89. The first-order valence-electron chi connectivity index (χ1n) is 7.53. The van der Waals surface area contributed by atoms with E-state index in [1.807, 2.05) is 6.07 Å². The minimum Gasteiger partial charge on any atom is -0.496 e. The molecular weight excluding hydrogens is 348 g/mol. The van der Waals surface area contributed by atoms with Crippen molar-refractivity contribution in [3.05, 3.63) is 77.3 Å². The second-order valence-corrected chi connectivity index (χ2v) is 6.36. The summed E-state index contributed by atoms with van der Waals surface area (Å²) in [5, 5.41) is 4.85. The maximum Gasteiger partial charge on any atom is 0.127 e. The summed E-state index contributed by atoms with van der Waals surface area (Å²) in [6, 6.07) is 25.3. The molecule has 0 radical (unpaired) electrons. The van der Waals surface area contributed by atoms with Crippen LogP contribution in [0.3, 0.4) is 0 Å². The van der Waals surface area contributed by atoms with Crippen LogP contribution in [0.15, 0.2) is 77.3 Å². The predicted octanol–water partition coefficient (Wildman–Crippen LogP) is 6.43. The van der Waals surface area contributed by atoms with Crippen LogP contribution in [-0.2, 0) is 0 Å². The van der Waals surface area contributed by atoms with Crippen LogP contribution in [0.25, 0.3) is 32.7 Å². The van der Waals surface area contributed by atoms with Gasteiger partial charge in [0.25, 0.3) is 0 Å². The summed E-state index contributed by atoms with van der Waals surface area (Å²) in [6.07, 6.45) is 0. The van der Waals surface area contributed by atoms with Gasteiger partial charge in [0.15, 0.2) is 0 Å². The molecule has 0 aliphatic carbocycles. The van der Waals surface area contributed by atoms with Crippen molar-refractivity contribution in [1.82, 2.24) is 0 Å². The molecular formula is C21H15BrO. The minimum absolute atomic E-state index is 0.895. The van der Waals surface area contributed by atoms with Gasteiger partial charge in [0.1, 0.15) is 5.75 Å². The van der Waals surface area contributed by atoms with Gasteiger partial charge >= 0.3 is 0 Å². The highest BCUT2D eigenvalue weighted by atomic mass is 79.9. The lowest BCUT2D eigenvalue weighted by Gasteiger charge is -2.15. The van der Waals surface area contributed by atoms with Gasteiger partial charge in [-0.15, -0.1) is 0 Å². The van der Waals surface area contributed by atoms with Gasteiger partial charge in [-0.25, -0.2) is 0 Å². The molecule has 1 nitrogen and oxygen atoms in total. The van der Waals surface area contributed by atoms with E-state index >= 15 is 0 Å². The molecule has 0 bridgehead atoms.